The number of nitrogens with one attached hydrogen (secondary N) is 1. The van der Waals surface area contributed by atoms with Crippen LogP contribution in [-0.2, 0) is 4.74 Å². The molecular weight excluding hydrogens is 212 g/mol. The number of ether oxygens (including phenoxy) is 1. The Morgan fingerprint density at radius 3 is 2.82 bits per heavy atom. The van der Waals surface area contributed by atoms with Crippen molar-refractivity contribution in [1.29, 1.82) is 0 Å². The standard InChI is InChI=1S/C14H28N2O/c1-17-12-9-15-8-11-16-10-4-6-13-5-2-3-7-14(13)16/h13-15H,2-12H2,1H3. The van der Waals surface area contributed by atoms with Crippen LogP contribution in [0.15, 0.2) is 0 Å². The smallest absolute Gasteiger partial charge is 0.0587 e. The summed E-state index contributed by atoms with van der Waals surface area (Å²) in [5, 5.41) is 3.46. The van der Waals surface area contributed by atoms with E-state index < -0.39 is 0 Å². The van der Waals surface area contributed by atoms with Crippen LogP contribution in [0.4, 0.5) is 0 Å². The van der Waals surface area contributed by atoms with E-state index in [0.717, 1.165) is 31.7 Å². The second-order valence-electron chi connectivity index (χ2n) is 5.53. The molecule has 1 aliphatic heterocycles. The van der Waals surface area contributed by atoms with E-state index in [1.54, 1.807) is 7.11 Å². The van der Waals surface area contributed by atoms with Crippen LogP contribution >= 0.6 is 0 Å². The van der Waals surface area contributed by atoms with Gasteiger partial charge in [0, 0.05) is 32.8 Å². The number of likely N-dealkylation sites (tertiary alicyclic amines) is 1. The molecule has 100 valence electrons. The molecule has 2 rings (SSSR count). The van der Waals surface area contributed by atoms with E-state index in [-0.39, 0.29) is 0 Å². The maximum atomic E-state index is 5.04. The van der Waals surface area contributed by atoms with Crippen molar-refractivity contribution in [3.05, 3.63) is 0 Å². The number of fused-ring (bicyclic) bond motifs is 1. The first-order chi connectivity index (χ1) is 8.42. The summed E-state index contributed by atoms with van der Waals surface area (Å²) in [5.41, 5.74) is 0. The van der Waals surface area contributed by atoms with Crippen molar-refractivity contribution in [3.63, 3.8) is 0 Å². The van der Waals surface area contributed by atoms with Crippen molar-refractivity contribution in [1.82, 2.24) is 10.2 Å². The molecule has 3 nitrogen and oxygen atoms in total. The maximum Gasteiger partial charge on any atom is 0.0587 e. The lowest BCUT2D eigenvalue weighted by Crippen LogP contribution is -2.49. The molecular formula is C14H28N2O. The van der Waals surface area contributed by atoms with E-state index in [1.807, 2.05) is 0 Å². The highest BCUT2D eigenvalue weighted by atomic mass is 16.5. The van der Waals surface area contributed by atoms with Crippen molar-refractivity contribution in [3.8, 4) is 0 Å². The lowest BCUT2D eigenvalue weighted by atomic mass is 9.78. The maximum absolute atomic E-state index is 5.04. The van der Waals surface area contributed by atoms with E-state index in [4.69, 9.17) is 4.74 Å². The molecule has 0 aromatic heterocycles. The van der Waals surface area contributed by atoms with Crippen LogP contribution in [-0.4, -0.2) is 50.8 Å². The zero-order valence-corrected chi connectivity index (χ0v) is 11.3. The van der Waals surface area contributed by atoms with Crippen molar-refractivity contribution < 1.29 is 4.74 Å². The molecule has 0 bridgehead atoms. The summed E-state index contributed by atoms with van der Waals surface area (Å²) in [4.78, 5) is 2.74. The molecule has 2 atom stereocenters. The Balaban J connectivity index is 1.67. The Morgan fingerprint density at radius 1 is 1.12 bits per heavy atom. The Hall–Kier alpha value is -0.120. The first kappa shape index (κ1) is 13.3. The molecule has 2 fully saturated rings. The van der Waals surface area contributed by atoms with Gasteiger partial charge in [0.05, 0.1) is 6.61 Å². The van der Waals surface area contributed by atoms with Crippen LogP contribution in [0.3, 0.4) is 0 Å². The third kappa shape index (κ3) is 3.94. The third-order valence-electron chi connectivity index (χ3n) is 4.42. The summed E-state index contributed by atoms with van der Waals surface area (Å²) < 4.78 is 5.04. The Kier molecular flexibility index (Phi) is 5.75. The van der Waals surface area contributed by atoms with Crippen LogP contribution in [0.1, 0.15) is 38.5 Å². The van der Waals surface area contributed by atoms with E-state index in [2.05, 4.69) is 10.2 Å². The van der Waals surface area contributed by atoms with Gasteiger partial charge in [0.2, 0.25) is 0 Å². The normalized spacial score (nSPS) is 30.2. The van der Waals surface area contributed by atoms with Gasteiger partial charge < -0.3 is 10.1 Å². The second-order valence-corrected chi connectivity index (χ2v) is 5.53. The highest BCUT2D eigenvalue weighted by Crippen LogP contribution is 2.34. The van der Waals surface area contributed by atoms with Gasteiger partial charge in [-0.3, -0.25) is 4.90 Å². The predicted octanol–water partition coefficient (Wildman–Crippen LogP) is 1.88. The fourth-order valence-corrected chi connectivity index (χ4v) is 3.53. The summed E-state index contributed by atoms with van der Waals surface area (Å²) in [5.74, 6) is 1.01. The van der Waals surface area contributed by atoms with E-state index in [0.29, 0.717) is 0 Å². The summed E-state index contributed by atoms with van der Waals surface area (Å²) in [6, 6.07) is 0.904. The van der Waals surface area contributed by atoms with Crippen LogP contribution in [0.5, 0.6) is 0 Å². The molecule has 1 saturated heterocycles. The largest absolute Gasteiger partial charge is 0.383 e. The molecule has 0 radical (unpaired) electrons. The van der Waals surface area contributed by atoms with Gasteiger partial charge in [0.25, 0.3) is 0 Å². The Labute approximate surface area is 106 Å². The molecule has 17 heavy (non-hydrogen) atoms. The average molecular weight is 240 g/mol. The highest BCUT2D eigenvalue weighted by Gasteiger charge is 2.32. The molecule has 1 saturated carbocycles. The van der Waals surface area contributed by atoms with Gasteiger partial charge in [-0.25, -0.2) is 0 Å². The monoisotopic (exact) mass is 240 g/mol. The minimum absolute atomic E-state index is 0.825. The van der Waals surface area contributed by atoms with Crippen molar-refractivity contribution >= 4 is 0 Å². The minimum Gasteiger partial charge on any atom is -0.383 e. The molecule has 2 aliphatic rings. The van der Waals surface area contributed by atoms with Gasteiger partial charge in [-0.15, -0.1) is 0 Å². The van der Waals surface area contributed by atoms with Crippen molar-refractivity contribution in [2.75, 3.05) is 39.9 Å². The highest BCUT2D eigenvalue weighted by molar-refractivity contribution is 4.87. The lowest BCUT2D eigenvalue weighted by Gasteiger charge is -2.44. The van der Waals surface area contributed by atoms with Gasteiger partial charge in [0.15, 0.2) is 0 Å². The van der Waals surface area contributed by atoms with Crippen LogP contribution in [0, 0.1) is 5.92 Å². The second kappa shape index (κ2) is 7.34. The Bertz CT molecular complexity index is 208. The van der Waals surface area contributed by atoms with Gasteiger partial charge >= 0.3 is 0 Å². The SMILES string of the molecule is COCCNCCN1CCCC2CCCCC21. The van der Waals surface area contributed by atoms with E-state index in [9.17, 15) is 0 Å². The average Bonchev–Trinajstić information content (AvgIpc) is 2.39. The van der Waals surface area contributed by atoms with Gasteiger partial charge in [-0.05, 0) is 38.1 Å². The molecule has 3 heteroatoms. The van der Waals surface area contributed by atoms with E-state index in [1.165, 1.54) is 51.6 Å². The number of hydrogen-bond acceptors (Lipinski definition) is 3. The van der Waals surface area contributed by atoms with Crippen LogP contribution in [0.2, 0.25) is 0 Å². The first-order valence-corrected chi connectivity index (χ1v) is 7.35. The van der Waals surface area contributed by atoms with Gasteiger partial charge in [-0.2, -0.15) is 0 Å². The Morgan fingerprint density at radius 2 is 1.94 bits per heavy atom. The number of nitrogens with zero attached hydrogens (tertiary/aromatic N) is 1. The number of rotatable bonds is 6. The molecule has 2 unspecified atom stereocenters. The fraction of sp³-hybridized carbons (Fsp3) is 1.00. The molecule has 0 amide bonds. The number of hydrogen-bond donors (Lipinski definition) is 1. The van der Waals surface area contributed by atoms with Crippen LogP contribution in [0.25, 0.3) is 0 Å². The van der Waals surface area contributed by atoms with Crippen molar-refractivity contribution in [2.24, 2.45) is 5.92 Å². The fourth-order valence-electron chi connectivity index (χ4n) is 3.53. The molecule has 1 aliphatic carbocycles. The molecule has 0 aromatic rings. The first-order valence-electron chi connectivity index (χ1n) is 7.35. The number of piperidine rings is 1. The summed E-state index contributed by atoms with van der Waals surface area (Å²) in [7, 11) is 1.76. The molecule has 1 heterocycles. The lowest BCUT2D eigenvalue weighted by molar-refractivity contribution is 0.0614. The van der Waals surface area contributed by atoms with E-state index >= 15 is 0 Å². The van der Waals surface area contributed by atoms with Crippen LogP contribution < -0.4 is 5.32 Å². The number of methoxy groups -OCH3 is 1. The molecule has 1 N–H and O–H groups in total. The third-order valence-corrected chi connectivity index (χ3v) is 4.42. The zero-order valence-electron chi connectivity index (χ0n) is 11.3. The topological polar surface area (TPSA) is 24.5 Å². The van der Waals surface area contributed by atoms with Crippen molar-refractivity contribution in [2.45, 2.75) is 44.6 Å². The summed E-state index contributed by atoms with van der Waals surface area (Å²) in [6.45, 7) is 5.48. The minimum atomic E-state index is 0.825. The summed E-state index contributed by atoms with van der Waals surface area (Å²) >= 11 is 0. The molecule has 0 aromatic carbocycles. The molecule has 0 spiro atoms. The van der Waals surface area contributed by atoms with Gasteiger partial charge in [-0.1, -0.05) is 12.8 Å². The quantitative estimate of drug-likeness (QED) is 0.717. The predicted molar refractivity (Wildman–Crippen MR) is 71.3 cm³/mol. The summed E-state index contributed by atoms with van der Waals surface area (Å²) in [6.07, 6.45) is 8.76. The van der Waals surface area contributed by atoms with Gasteiger partial charge in [0.1, 0.15) is 0 Å². The zero-order chi connectivity index (χ0) is 11.9.